The first-order chi connectivity index (χ1) is 10.4. The standard InChI is InChI=1S/C11H14N2O8S2/c1-4(14)21-8(23(18,19)20)5-3-22-10-11(2,12)9(17)13(10)6(5)7(15)16/h8,10H,3,12H2,1-2H3,(H,15,16)(H,18,19,20)/t8?,10-,11+/m1/s1. The molecule has 10 nitrogen and oxygen atoms in total. The van der Waals surface area contributed by atoms with Crippen molar-refractivity contribution in [3.05, 3.63) is 11.3 Å². The third kappa shape index (κ3) is 2.82. The van der Waals surface area contributed by atoms with Crippen LogP contribution in [-0.2, 0) is 29.2 Å². The lowest BCUT2D eigenvalue weighted by Crippen LogP contribution is -2.76. The van der Waals surface area contributed by atoms with Crippen LogP contribution in [0.4, 0.5) is 0 Å². The number of nitrogens with zero attached hydrogens (tertiary/aromatic N) is 1. The maximum Gasteiger partial charge on any atom is 0.352 e. The van der Waals surface area contributed by atoms with Crippen molar-refractivity contribution in [3.8, 4) is 0 Å². The molecular weight excluding hydrogens is 352 g/mol. The summed E-state index contributed by atoms with van der Waals surface area (Å²) in [6.45, 7) is 2.34. The molecular formula is C11H14N2O8S2. The minimum absolute atomic E-state index is 0.194. The van der Waals surface area contributed by atoms with Gasteiger partial charge in [0, 0.05) is 18.2 Å². The van der Waals surface area contributed by atoms with Crippen LogP contribution in [0.5, 0.6) is 0 Å². The van der Waals surface area contributed by atoms with E-state index in [1.165, 1.54) is 6.92 Å². The normalized spacial score (nSPS) is 28.8. The van der Waals surface area contributed by atoms with Crippen LogP contribution in [-0.4, -0.2) is 62.9 Å². The van der Waals surface area contributed by atoms with Crippen molar-refractivity contribution in [1.29, 1.82) is 0 Å². The zero-order valence-electron chi connectivity index (χ0n) is 12.0. The Morgan fingerprint density at radius 3 is 2.52 bits per heavy atom. The van der Waals surface area contributed by atoms with Crippen LogP contribution in [0.25, 0.3) is 0 Å². The van der Waals surface area contributed by atoms with Crippen LogP contribution in [0, 0.1) is 0 Å². The first-order valence-electron chi connectivity index (χ1n) is 6.23. The quantitative estimate of drug-likeness (QED) is 0.310. The maximum absolute atomic E-state index is 12.0. The summed E-state index contributed by atoms with van der Waals surface area (Å²) < 4.78 is 36.7. The lowest BCUT2D eigenvalue weighted by molar-refractivity contribution is -0.153. The van der Waals surface area contributed by atoms with Gasteiger partial charge in [-0.15, -0.1) is 11.8 Å². The van der Waals surface area contributed by atoms with E-state index in [4.69, 9.17) is 5.73 Å². The molecule has 3 atom stereocenters. The molecule has 0 aromatic carbocycles. The summed E-state index contributed by atoms with van der Waals surface area (Å²) in [5.74, 6) is -3.52. The largest absolute Gasteiger partial charge is 0.477 e. The summed E-state index contributed by atoms with van der Waals surface area (Å²) in [6, 6.07) is 0. The van der Waals surface area contributed by atoms with E-state index in [9.17, 15) is 32.5 Å². The first kappa shape index (κ1) is 17.7. The molecule has 4 N–H and O–H groups in total. The van der Waals surface area contributed by atoms with Gasteiger partial charge >= 0.3 is 22.1 Å². The molecule has 0 aromatic heterocycles. The van der Waals surface area contributed by atoms with Gasteiger partial charge in [0.05, 0.1) is 0 Å². The highest BCUT2D eigenvalue weighted by molar-refractivity contribution is 8.00. The van der Waals surface area contributed by atoms with Gasteiger partial charge in [0.2, 0.25) is 0 Å². The average Bonchev–Trinajstić information content (AvgIpc) is 2.41. The smallest absolute Gasteiger partial charge is 0.352 e. The van der Waals surface area contributed by atoms with Crippen LogP contribution in [0.2, 0.25) is 0 Å². The van der Waals surface area contributed by atoms with Crippen molar-refractivity contribution in [2.45, 2.75) is 30.2 Å². The Morgan fingerprint density at radius 2 is 2.09 bits per heavy atom. The first-order valence-corrected chi connectivity index (χ1v) is 8.78. The molecule has 1 amide bonds. The number of nitrogens with two attached hydrogens (primary N) is 1. The molecule has 2 aliphatic heterocycles. The number of amides is 1. The molecule has 1 fully saturated rings. The molecule has 2 rings (SSSR count). The molecule has 0 aliphatic carbocycles. The van der Waals surface area contributed by atoms with Gasteiger partial charge in [0.1, 0.15) is 16.6 Å². The predicted molar refractivity (Wildman–Crippen MR) is 77.4 cm³/mol. The summed E-state index contributed by atoms with van der Waals surface area (Å²) in [4.78, 5) is 35.5. The Balaban J connectivity index is 2.58. The molecule has 0 spiro atoms. The molecule has 128 valence electrons. The molecule has 12 heteroatoms. The molecule has 1 saturated heterocycles. The predicted octanol–water partition coefficient (Wildman–Crippen LogP) is -1.27. The van der Waals surface area contributed by atoms with E-state index in [-0.39, 0.29) is 5.75 Å². The fourth-order valence-corrected chi connectivity index (χ4v) is 4.75. The topological polar surface area (TPSA) is 164 Å². The minimum atomic E-state index is -4.94. The van der Waals surface area contributed by atoms with Gasteiger partial charge in [-0.25, -0.2) is 4.79 Å². The second kappa shape index (κ2) is 5.47. The number of carbonyl (C=O) groups excluding carboxylic acids is 2. The summed E-state index contributed by atoms with van der Waals surface area (Å²) in [6.07, 6.45) is 0. The molecule has 2 aliphatic rings. The summed E-state index contributed by atoms with van der Waals surface area (Å²) in [5.41, 5.74) is 1.26. The number of hydrogen-bond acceptors (Lipinski definition) is 8. The van der Waals surface area contributed by atoms with Crippen LogP contribution in [0.1, 0.15) is 13.8 Å². The van der Waals surface area contributed by atoms with Gasteiger partial charge in [0.15, 0.2) is 0 Å². The average molecular weight is 366 g/mol. The third-order valence-corrected chi connectivity index (χ3v) is 5.82. The number of thioether (sulfide) groups is 1. The summed E-state index contributed by atoms with van der Waals surface area (Å²) >= 11 is 1.02. The van der Waals surface area contributed by atoms with E-state index in [1.54, 1.807) is 0 Å². The molecule has 0 radical (unpaired) electrons. The van der Waals surface area contributed by atoms with E-state index >= 15 is 0 Å². The Bertz CT molecular complexity index is 726. The van der Waals surface area contributed by atoms with Crippen molar-refractivity contribution in [2.24, 2.45) is 5.73 Å². The van der Waals surface area contributed by atoms with Gasteiger partial charge in [-0.3, -0.25) is 19.0 Å². The van der Waals surface area contributed by atoms with Crippen molar-refractivity contribution < 1.29 is 37.2 Å². The minimum Gasteiger partial charge on any atom is -0.477 e. The Kier molecular flexibility index (Phi) is 4.22. The zero-order valence-corrected chi connectivity index (χ0v) is 13.7. The Hall–Kier alpha value is -1.63. The van der Waals surface area contributed by atoms with Gasteiger partial charge in [-0.05, 0) is 6.92 Å². The number of esters is 1. The number of aliphatic carboxylic acids is 1. The monoisotopic (exact) mass is 366 g/mol. The highest BCUT2D eigenvalue weighted by Gasteiger charge is 2.60. The number of ether oxygens (including phenoxy) is 1. The van der Waals surface area contributed by atoms with Gasteiger partial charge in [0.25, 0.3) is 11.3 Å². The van der Waals surface area contributed by atoms with Gasteiger partial charge in [-0.2, -0.15) is 8.42 Å². The molecule has 0 bridgehead atoms. The molecule has 0 saturated carbocycles. The molecule has 0 aromatic rings. The maximum atomic E-state index is 12.0. The van der Waals surface area contributed by atoms with Gasteiger partial charge < -0.3 is 15.6 Å². The van der Waals surface area contributed by atoms with Gasteiger partial charge in [-0.1, -0.05) is 0 Å². The summed E-state index contributed by atoms with van der Waals surface area (Å²) in [5, 5.41) is 8.66. The lowest BCUT2D eigenvalue weighted by atomic mass is 9.90. The number of hydrogen-bond donors (Lipinski definition) is 3. The van der Waals surface area contributed by atoms with Crippen molar-refractivity contribution in [2.75, 3.05) is 5.75 Å². The fraction of sp³-hybridized carbons (Fsp3) is 0.545. The number of carboxylic acids is 1. The third-order valence-electron chi connectivity index (χ3n) is 3.40. The van der Waals surface area contributed by atoms with E-state index in [0.29, 0.717) is 0 Å². The second-order valence-corrected chi connectivity index (χ2v) is 7.78. The van der Waals surface area contributed by atoms with E-state index < -0.39 is 55.6 Å². The number of carboxylic acid groups (broad SMARTS) is 1. The second-order valence-electron chi connectivity index (χ2n) is 5.26. The highest BCUT2D eigenvalue weighted by atomic mass is 32.2. The van der Waals surface area contributed by atoms with Crippen molar-refractivity contribution in [3.63, 3.8) is 0 Å². The van der Waals surface area contributed by atoms with Crippen molar-refractivity contribution >= 4 is 39.7 Å². The van der Waals surface area contributed by atoms with Crippen LogP contribution in [0.3, 0.4) is 0 Å². The van der Waals surface area contributed by atoms with Crippen LogP contribution < -0.4 is 5.73 Å². The van der Waals surface area contributed by atoms with Crippen LogP contribution in [0.15, 0.2) is 11.3 Å². The van der Waals surface area contributed by atoms with E-state index in [2.05, 4.69) is 4.74 Å². The van der Waals surface area contributed by atoms with E-state index in [0.717, 1.165) is 23.6 Å². The number of β-lactam (4-membered cyclic amide) rings is 1. The molecule has 1 unspecified atom stereocenters. The Morgan fingerprint density at radius 1 is 1.52 bits per heavy atom. The Labute approximate surface area is 135 Å². The van der Waals surface area contributed by atoms with Crippen molar-refractivity contribution in [1.82, 2.24) is 4.90 Å². The number of fused-ring (bicyclic) bond motifs is 1. The number of rotatable bonds is 4. The van der Waals surface area contributed by atoms with E-state index in [1.807, 2.05) is 0 Å². The SMILES string of the molecule is CC(=O)OC(C1=C(C(=O)O)N2C(=O)[C@](C)(N)[C@H]2SC1)S(=O)(=O)O. The molecule has 23 heavy (non-hydrogen) atoms. The fourth-order valence-electron chi connectivity index (χ4n) is 2.41. The number of carbonyl (C=O) groups is 3. The zero-order chi connectivity index (χ0) is 17.7. The lowest BCUT2D eigenvalue weighted by Gasteiger charge is -2.54. The molecule has 2 heterocycles. The highest BCUT2D eigenvalue weighted by Crippen LogP contribution is 2.45. The summed E-state index contributed by atoms with van der Waals surface area (Å²) in [7, 11) is -4.94. The van der Waals surface area contributed by atoms with Crippen LogP contribution >= 0.6 is 11.8 Å².